The molecule has 0 spiro atoms. The van der Waals surface area contributed by atoms with Gasteiger partial charge < -0.3 is 0 Å². The highest BCUT2D eigenvalue weighted by Crippen LogP contribution is 2.10. The largest absolute Gasteiger partial charge is 0.232 e. The van der Waals surface area contributed by atoms with Crippen LogP contribution in [0, 0.1) is 0 Å². The van der Waals surface area contributed by atoms with Gasteiger partial charge in [0.2, 0.25) is 0 Å². The molecule has 0 fully saturated rings. The van der Waals surface area contributed by atoms with Crippen LogP contribution in [0.4, 0.5) is 4.20 Å². The summed E-state index contributed by atoms with van der Waals surface area (Å²) < 4.78 is 10.9. The number of rotatable bonds is 0. The van der Waals surface area contributed by atoms with E-state index in [0.29, 0.717) is 0 Å². The van der Waals surface area contributed by atoms with Gasteiger partial charge in [0.1, 0.15) is 0 Å². The summed E-state index contributed by atoms with van der Waals surface area (Å²) in [5, 5.41) is 0. The summed E-state index contributed by atoms with van der Waals surface area (Å²) in [7, 11) is 1.42. The van der Waals surface area contributed by atoms with Crippen molar-refractivity contribution in [1.29, 1.82) is 0 Å². The summed E-state index contributed by atoms with van der Waals surface area (Å²) >= 11 is 4.06. The van der Waals surface area contributed by atoms with Gasteiger partial charge in [-0.3, -0.25) is 0 Å². The third-order valence-corrected chi connectivity index (χ3v) is 0. The molecule has 0 heterocycles. The Bertz CT molecular complexity index is 31.0. The Morgan fingerprint density at radius 3 is 2.00 bits per heavy atom. The Morgan fingerprint density at radius 1 is 2.00 bits per heavy atom. The number of hydrogen-bond donors (Lipinski definition) is 0. The van der Waals surface area contributed by atoms with E-state index in [1.165, 1.54) is 7.57 Å². The SMILES string of the molecule is B[PH](F)=S. The first-order valence-corrected chi connectivity index (χ1v) is 3.90. The van der Waals surface area contributed by atoms with Gasteiger partial charge in [0.15, 0.2) is 7.57 Å². The monoisotopic (exact) mass is 96.0 g/mol. The van der Waals surface area contributed by atoms with Crippen LogP contribution in [0.5, 0.6) is 0 Å². The molecule has 0 saturated heterocycles. The molecule has 0 N–H and O–H groups in total. The molecule has 0 rings (SSSR count). The average molecular weight is 95.9 g/mol. The van der Waals surface area contributed by atoms with E-state index in [1.807, 2.05) is 0 Å². The molecule has 0 aliphatic heterocycles. The number of halogens is 1. The molecular weight excluding hydrogens is 92.9 g/mol. The first-order valence-electron chi connectivity index (χ1n) is 0.893. The predicted octanol–water partition coefficient (Wildman–Crippen LogP) is 0.0951. The zero-order valence-electron chi connectivity index (χ0n) is 2.29. The summed E-state index contributed by atoms with van der Waals surface area (Å²) in [5.41, 5.74) is 0. The van der Waals surface area contributed by atoms with E-state index in [4.69, 9.17) is 0 Å². The summed E-state index contributed by atoms with van der Waals surface area (Å²) in [5.74, 6) is 0. The van der Waals surface area contributed by atoms with Crippen molar-refractivity contribution in [3.63, 3.8) is 0 Å². The van der Waals surface area contributed by atoms with Crippen molar-refractivity contribution in [3.05, 3.63) is 0 Å². The van der Waals surface area contributed by atoms with Gasteiger partial charge in [0, 0.05) is 0 Å². The topological polar surface area (TPSA) is 0 Å². The molecule has 0 bridgehead atoms. The minimum absolute atomic E-state index is 1.42. The van der Waals surface area contributed by atoms with Crippen LogP contribution in [-0.4, -0.2) is 7.57 Å². The summed E-state index contributed by atoms with van der Waals surface area (Å²) in [6.07, 6.45) is 0. The van der Waals surface area contributed by atoms with Crippen LogP contribution in [0.1, 0.15) is 0 Å². The van der Waals surface area contributed by atoms with E-state index < -0.39 is 6.89 Å². The maximum atomic E-state index is 10.9. The standard InChI is InChI=1S/BFH3PS/c1-3(2)4/h3H,1H2. The number of hydrogen-bond acceptors (Lipinski definition) is 1. The van der Waals surface area contributed by atoms with Crippen LogP contribution >= 0.6 is 6.89 Å². The zero-order valence-corrected chi connectivity index (χ0v) is 4.10. The molecule has 0 aromatic carbocycles. The van der Waals surface area contributed by atoms with Gasteiger partial charge in [0.25, 0.3) is 0 Å². The second-order valence-electron chi connectivity index (χ2n) is 0.470. The fourth-order valence-electron chi connectivity index (χ4n) is 0. The van der Waals surface area contributed by atoms with Crippen LogP contribution in [0.3, 0.4) is 0 Å². The Balaban J connectivity index is 2.80. The lowest BCUT2D eigenvalue weighted by molar-refractivity contribution is 0.933. The van der Waals surface area contributed by atoms with Gasteiger partial charge >= 0.3 is 0 Å². The molecule has 4 heteroatoms. The van der Waals surface area contributed by atoms with Crippen molar-refractivity contribution < 1.29 is 4.20 Å². The minimum Gasteiger partial charge on any atom is -0.232 e. The van der Waals surface area contributed by atoms with E-state index in [1.54, 1.807) is 0 Å². The summed E-state index contributed by atoms with van der Waals surface area (Å²) in [4.78, 5) is 0. The Morgan fingerprint density at radius 2 is 2.00 bits per heavy atom. The third kappa shape index (κ3) is 17.2. The second-order valence-corrected chi connectivity index (χ2v) is 3.10. The lowest BCUT2D eigenvalue weighted by Gasteiger charge is -1.58. The molecular formula is H3BFPS. The molecule has 0 aromatic rings. The predicted molar refractivity (Wildman–Crippen MR) is 25.3 cm³/mol. The van der Waals surface area contributed by atoms with Gasteiger partial charge in [0.05, 0.1) is 6.89 Å². The van der Waals surface area contributed by atoms with Gasteiger partial charge in [-0.15, -0.1) is 0 Å². The highest BCUT2D eigenvalue weighted by atomic mass is 32.4. The van der Waals surface area contributed by atoms with E-state index in [-0.39, 0.29) is 0 Å². The molecule has 0 aromatic heterocycles. The molecule has 4 heavy (non-hydrogen) atoms. The van der Waals surface area contributed by atoms with Gasteiger partial charge in [-0.25, -0.2) is 4.20 Å². The van der Waals surface area contributed by atoms with Gasteiger partial charge in [-0.1, -0.05) is 11.8 Å². The molecule has 0 aliphatic rings. The van der Waals surface area contributed by atoms with Crippen molar-refractivity contribution in [2.75, 3.05) is 0 Å². The van der Waals surface area contributed by atoms with Crippen LogP contribution in [0.15, 0.2) is 0 Å². The van der Waals surface area contributed by atoms with Crippen LogP contribution < -0.4 is 0 Å². The molecule has 24 valence electrons. The maximum absolute atomic E-state index is 10.9. The Kier molecular flexibility index (Phi) is 2.23. The molecule has 0 radical (unpaired) electrons. The zero-order chi connectivity index (χ0) is 3.58. The van der Waals surface area contributed by atoms with Crippen molar-refractivity contribution in [3.8, 4) is 0 Å². The second kappa shape index (κ2) is 1.92. The fourth-order valence-corrected chi connectivity index (χ4v) is 0. The summed E-state index contributed by atoms with van der Waals surface area (Å²) in [6, 6.07) is 0. The van der Waals surface area contributed by atoms with E-state index >= 15 is 0 Å². The molecule has 0 nitrogen and oxygen atoms in total. The lowest BCUT2D eigenvalue weighted by atomic mass is 10.8. The molecule has 1 atom stereocenters. The smallest absolute Gasteiger partial charge is 0.183 e. The van der Waals surface area contributed by atoms with Crippen molar-refractivity contribution >= 4 is 26.3 Å². The van der Waals surface area contributed by atoms with E-state index in [2.05, 4.69) is 11.8 Å². The molecule has 0 aliphatic carbocycles. The first kappa shape index (κ1) is 4.64. The van der Waals surface area contributed by atoms with Crippen molar-refractivity contribution in [2.45, 2.75) is 0 Å². The van der Waals surface area contributed by atoms with Crippen molar-refractivity contribution in [2.24, 2.45) is 0 Å². The third-order valence-electron chi connectivity index (χ3n) is 0. The van der Waals surface area contributed by atoms with Crippen LogP contribution in [0.2, 0.25) is 0 Å². The highest BCUT2D eigenvalue weighted by molar-refractivity contribution is 8.13. The van der Waals surface area contributed by atoms with Gasteiger partial charge in [-0.2, -0.15) is 0 Å². The lowest BCUT2D eigenvalue weighted by Crippen LogP contribution is -1.26. The summed E-state index contributed by atoms with van der Waals surface area (Å²) in [6.45, 7) is -1.80. The first-order chi connectivity index (χ1) is 1.73. The Hall–Kier alpha value is 0.645. The average Bonchev–Trinajstić information content (AvgIpc) is 0.811. The molecule has 1 unspecified atom stereocenters. The van der Waals surface area contributed by atoms with Crippen LogP contribution in [0.25, 0.3) is 0 Å². The van der Waals surface area contributed by atoms with Crippen molar-refractivity contribution in [1.82, 2.24) is 0 Å². The highest BCUT2D eigenvalue weighted by Gasteiger charge is 1.61. The van der Waals surface area contributed by atoms with Crippen LogP contribution in [-0.2, 0) is 11.8 Å². The maximum Gasteiger partial charge on any atom is 0.183 e. The quantitative estimate of drug-likeness (QED) is 0.304. The molecule has 0 amide bonds. The van der Waals surface area contributed by atoms with E-state index in [0.717, 1.165) is 0 Å². The van der Waals surface area contributed by atoms with Gasteiger partial charge in [-0.05, 0) is 0 Å². The Labute approximate surface area is 31.3 Å². The van der Waals surface area contributed by atoms with E-state index in [9.17, 15) is 4.20 Å². The minimum atomic E-state index is -1.80. The fraction of sp³-hybridized carbons (Fsp3) is 0. The normalized spacial score (nSPS) is 15.2. The molecule has 0 saturated carbocycles.